The molecule has 8 heteroatoms. The number of hydrogen-bond donors (Lipinski definition) is 0. The summed E-state index contributed by atoms with van der Waals surface area (Å²) in [6.45, 7) is 0. The molecule has 0 aromatic rings. The minimum absolute atomic E-state index is 0. The maximum atomic E-state index is 8.44. The van der Waals surface area contributed by atoms with Gasteiger partial charge in [0.05, 0.1) is 0 Å². The number of hydrogen-bond acceptors (Lipinski definition) is 3. The molecule has 0 aliphatic carbocycles. The largest absolute Gasteiger partial charge is 1.00 e. The molecule has 0 spiro atoms. The van der Waals surface area contributed by atoms with Crippen molar-refractivity contribution in [3.63, 3.8) is 0 Å². The summed E-state index contributed by atoms with van der Waals surface area (Å²) in [6, 6.07) is 0. The predicted molar refractivity (Wildman–Crippen MR) is 9.70 cm³/mol. The van der Waals surface area contributed by atoms with Gasteiger partial charge < -0.3 is 13.8 Å². The van der Waals surface area contributed by atoms with Crippen molar-refractivity contribution >= 4 is 11.4 Å². The van der Waals surface area contributed by atoms with Gasteiger partial charge in [-0.05, 0) is 0 Å². The first kappa shape index (κ1) is 29.3. The molecular formula is FK3O3S. The molecule has 0 radical (unpaired) electrons. The van der Waals surface area contributed by atoms with Crippen LogP contribution in [0.25, 0.3) is 0 Å². The van der Waals surface area contributed by atoms with Gasteiger partial charge in [-0.1, -0.05) is 0 Å². The average Bonchev–Trinajstić information content (AvgIpc) is 0.811. The quantitative estimate of drug-likeness (QED) is 0.298. The van der Waals surface area contributed by atoms with E-state index >= 15 is 0 Å². The summed E-state index contributed by atoms with van der Waals surface area (Å²) in [4.78, 5) is 0. The first-order valence-corrected chi connectivity index (χ1v) is 1.50. The summed E-state index contributed by atoms with van der Waals surface area (Å²) in [7, 11) is 0. The van der Waals surface area contributed by atoms with Crippen molar-refractivity contribution in [2.75, 3.05) is 0 Å². The van der Waals surface area contributed by atoms with Gasteiger partial charge in [0.15, 0.2) is 0 Å². The average molecular weight is 216 g/mol. The van der Waals surface area contributed by atoms with Crippen LogP contribution in [0.15, 0.2) is 0 Å². The second-order valence-corrected chi connectivity index (χ2v) is 0.612. The minimum Gasteiger partial charge on any atom is -1.00 e. The van der Waals surface area contributed by atoms with Crippen LogP contribution in [0.3, 0.4) is 0 Å². The van der Waals surface area contributed by atoms with Gasteiger partial charge in [0.2, 0.25) is 0 Å². The standard InChI is InChI=1S/FH.3K.H2O3S/c;;;;1-4(2)3/h1H;;;;(H2,1,2,3)/q;3*+1;/p-3. The van der Waals surface area contributed by atoms with Crippen molar-refractivity contribution in [2.24, 2.45) is 0 Å². The number of rotatable bonds is 0. The summed E-state index contributed by atoms with van der Waals surface area (Å²) in [5.74, 6) is 0. The van der Waals surface area contributed by atoms with Crippen LogP contribution in [0.5, 0.6) is 0 Å². The molecule has 0 atom stereocenters. The van der Waals surface area contributed by atoms with E-state index in [0.29, 0.717) is 0 Å². The van der Waals surface area contributed by atoms with Crippen LogP contribution < -0.4 is 159 Å². The van der Waals surface area contributed by atoms with Crippen LogP contribution in [0, 0.1) is 0 Å². The second kappa shape index (κ2) is 22.7. The van der Waals surface area contributed by atoms with Crippen LogP contribution in [-0.2, 0) is 11.4 Å². The van der Waals surface area contributed by atoms with Crippen molar-refractivity contribution in [3.8, 4) is 0 Å². The van der Waals surface area contributed by atoms with Gasteiger partial charge in [0.1, 0.15) is 0 Å². The van der Waals surface area contributed by atoms with Gasteiger partial charge >= 0.3 is 154 Å². The van der Waals surface area contributed by atoms with E-state index in [9.17, 15) is 0 Å². The van der Waals surface area contributed by atoms with Crippen molar-refractivity contribution in [1.29, 1.82) is 0 Å². The molecule has 0 N–H and O–H groups in total. The third-order valence-corrected chi connectivity index (χ3v) is 0. The van der Waals surface area contributed by atoms with Crippen molar-refractivity contribution < 1.29 is 172 Å². The Balaban J connectivity index is -0.00000000750. The molecular weight excluding hydrogens is 216 g/mol. The smallest absolute Gasteiger partial charge is 1.00 e. The maximum Gasteiger partial charge on any atom is 1.00 e. The molecule has 0 fully saturated rings. The zero-order chi connectivity index (χ0) is 3.58. The Kier molecular flexibility index (Phi) is 82.9. The summed E-state index contributed by atoms with van der Waals surface area (Å²) < 4.78 is 25.3. The van der Waals surface area contributed by atoms with Crippen molar-refractivity contribution in [2.45, 2.75) is 0 Å². The molecule has 0 bridgehead atoms. The van der Waals surface area contributed by atoms with Gasteiger partial charge in [0.25, 0.3) is 0 Å². The van der Waals surface area contributed by atoms with E-state index in [2.05, 4.69) is 0 Å². The molecule has 0 aliphatic heterocycles. The second-order valence-electron chi connectivity index (χ2n) is 0.204. The van der Waals surface area contributed by atoms with E-state index in [4.69, 9.17) is 13.3 Å². The van der Waals surface area contributed by atoms with E-state index in [0.717, 1.165) is 0 Å². The summed E-state index contributed by atoms with van der Waals surface area (Å²) >= 11 is -3.11. The van der Waals surface area contributed by atoms with Gasteiger partial charge in [-0.2, -0.15) is 0 Å². The van der Waals surface area contributed by atoms with Crippen LogP contribution in [-0.4, -0.2) is 13.3 Å². The molecule has 0 aromatic heterocycles. The third-order valence-electron chi connectivity index (χ3n) is 0. The van der Waals surface area contributed by atoms with Crippen molar-refractivity contribution in [1.82, 2.24) is 0 Å². The molecule has 0 amide bonds. The van der Waals surface area contributed by atoms with E-state index in [1.165, 1.54) is 0 Å². The predicted octanol–water partition coefficient (Wildman–Crippen LogP) is -13.0. The zero-order valence-corrected chi connectivity index (χ0v) is 15.2. The first-order valence-electron chi connectivity index (χ1n) is 0.500. The Bertz CT molecular complexity index is 37.5. The fourth-order valence-electron chi connectivity index (χ4n) is 0. The van der Waals surface area contributed by atoms with E-state index in [1.807, 2.05) is 0 Å². The SMILES string of the molecule is O=S([O-])[O-].[F-].[K+].[K+].[K+]. The molecule has 0 aliphatic rings. The fourth-order valence-corrected chi connectivity index (χ4v) is 0. The Morgan fingerprint density at radius 3 is 1.00 bits per heavy atom. The van der Waals surface area contributed by atoms with Gasteiger partial charge in [-0.3, -0.25) is 4.21 Å². The fraction of sp³-hybridized carbons (Fsp3) is 0. The maximum absolute atomic E-state index is 8.44. The molecule has 0 rings (SSSR count). The minimum atomic E-state index is -3.11. The monoisotopic (exact) mass is 216 g/mol. The number of halogens is 1. The van der Waals surface area contributed by atoms with Crippen LogP contribution in [0.2, 0.25) is 0 Å². The van der Waals surface area contributed by atoms with E-state index in [-0.39, 0.29) is 159 Å². The topological polar surface area (TPSA) is 63.2 Å². The van der Waals surface area contributed by atoms with E-state index in [1.54, 1.807) is 0 Å². The summed E-state index contributed by atoms with van der Waals surface area (Å²) in [6.07, 6.45) is 0. The molecule has 8 heavy (non-hydrogen) atoms. The molecule has 0 aromatic carbocycles. The van der Waals surface area contributed by atoms with Gasteiger partial charge in [-0.15, -0.1) is 11.4 Å². The Hall–Kier alpha value is 4.91. The normalized spacial score (nSPS) is 4.38. The molecule has 0 unspecified atom stereocenters. The molecule has 0 saturated heterocycles. The summed E-state index contributed by atoms with van der Waals surface area (Å²) in [5, 5.41) is 0. The Morgan fingerprint density at radius 1 is 1.00 bits per heavy atom. The summed E-state index contributed by atoms with van der Waals surface area (Å²) in [5.41, 5.74) is 0. The molecule has 0 saturated carbocycles. The molecule has 34 valence electrons. The Labute approximate surface area is 177 Å². The third kappa shape index (κ3) is 44.4. The van der Waals surface area contributed by atoms with Crippen LogP contribution in [0.4, 0.5) is 0 Å². The van der Waals surface area contributed by atoms with Gasteiger partial charge in [0, 0.05) is 0 Å². The molecule has 3 nitrogen and oxygen atoms in total. The van der Waals surface area contributed by atoms with Crippen LogP contribution >= 0.6 is 0 Å². The van der Waals surface area contributed by atoms with Crippen molar-refractivity contribution in [3.05, 3.63) is 0 Å². The van der Waals surface area contributed by atoms with Crippen LogP contribution in [0.1, 0.15) is 0 Å². The first-order chi connectivity index (χ1) is 1.73. The van der Waals surface area contributed by atoms with Gasteiger partial charge in [-0.25, -0.2) is 0 Å². The van der Waals surface area contributed by atoms with E-state index < -0.39 is 11.4 Å². The Morgan fingerprint density at radius 2 is 1.00 bits per heavy atom. The molecule has 0 heterocycles. The zero-order valence-electron chi connectivity index (χ0n) is 5.01.